The highest BCUT2D eigenvalue weighted by Crippen LogP contribution is 2.32. The molecular weight excluding hydrogens is 328 g/mol. The van der Waals surface area contributed by atoms with Crippen molar-refractivity contribution in [2.75, 3.05) is 26.7 Å². The van der Waals surface area contributed by atoms with Crippen LogP contribution in [0, 0.1) is 0 Å². The largest absolute Gasteiger partial charge is 0.300 e. The van der Waals surface area contributed by atoms with E-state index in [1.165, 1.54) is 16.7 Å². The fourth-order valence-corrected chi connectivity index (χ4v) is 4.26. The summed E-state index contributed by atoms with van der Waals surface area (Å²) >= 11 is 0. The van der Waals surface area contributed by atoms with E-state index < -0.39 is 0 Å². The van der Waals surface area contributed by atoms with Crippen molar-refractivity contribution < 1.29 is 0 Å². The summed E-state index contributed by atoms with van der Waals surface area (Å²) in [7, 11) is 2.28. The second-order valence-electron chi connectivity index (χ2n) is 7.57. The van der Waals surface area contributed by atoms with Gasteiger partial charge < -0.3 is 0 Å². The number of likely N-dealkylation sites (N-methyl/N-ethyl adjacent to an activating group) is 1. The minimum Gasteiger partial charge on any atom is -0.300 e. The molecule has 4 rings (SSSR count). The molecule has 1 fully saturated rings. The predicted octanol–water partition coefficient (Wildman–Crippen LogP) is 4.63. The van der Waals surface area contributed by atoms with E-state index in [9.17, 15) is 0 Å². The average molecular weight is 357 g/mol. The Morgan fingerprint density at radius 2 is 1.26 bits per heavy atom. The molecule has 2 nitrogen and oxygen atoms in total. The quantitative estimate of drug-likeness (QED) is 0.657. The van der Waals surface area contributed by atoms with Crippen molar-refractivity contribution >= 4 is 0 Å². The molecule has 1 aliphatic rings. The molecule has 0 spiro atoms. The van der Waals surface area contributed by atoms with Gasteiger partial charge in [-0.05, 0) is 23.7 Å². The van der Waals surface area contributed by atoms with Crippen molar-refractivity contribution in [1.29, 1.82) is 0 Å². The van der Waals surface area contributed by atoms with E-state index in [0.717, 1.165) is 26.2 Å². The highest BCUT2D eigenvalue weighted by molar-refractivity contribution is 5.34. The molecule has 0 aliphatic carbocycles. The summed E-state index contributed by atoms with van der Waals surface area (Å²) in [5.41, 5.74) is 4.21. The van der Waals surface area contributed by atoms with Crippen LogP contribution in [0.1, 0.15) is 22.6 Å². The van der Waals surface area contributed by atoms with Gasteiger partial charge in [0.2, 0.25) is 0 Å². The first-order valence-corrected chi connectivity index (χ1v) is 9.87. The topological polar surface area (TPSA) is 6.48 Å². The Morgan fingerprint density at radius 1 is 0.741 bits per heavy atom. The lowest BCUT2D eigenvalue weighted by Crippen LogP contribution is -2.53. The van der Waals surface area contributed by atoms with Crippen LogP contribution in [0.5, 0.6) is 0 Å². The fourth-order valence-electron chi connectivity index (χ4n) is 4.26. The fraction of sp³-hybridized carbons (Fsp3) is 0.280. The molecule has 1 heterocycles. The van der Waals surface area contributed by atoms with Gasteiger partial charge in [-0.1, -0.05) is 91.0 Å². The van der Waals surface area contributed by atoms with Gasteiger partial charge in [0, 0.05) is 38.1 Å². The Hall–Kier alpha value is -2.42. The zero-order valence-corrected chi connectivity index (χ0v) is 16.0. The Kier molecular flexibility index (Phi) is 5.66. The van der Waals surface area contributed by atoms with Crippen LogP contribution < -0.4 is 0 Å². The second-order valence-corrected chi connectivity index (χ2v) is 7.57. The van der Waals surface area contributed by atoms with Gasteiger partial charge in [-0.25, -0.2) is 0 Å². The molecule has 1 saturated heterocycles. The van der Waals surface area contributed by atoms with Crippen LogP contribution in [0.2, 0.25) is 0 Å². The van der Waals surface area contributed by atoms with E-state index in [4.69, 9.17) is 0 Å². The first-order valence-electron chi connectivity index (χ1n) is 9.87. The molecule has 0 amide bonds. The molecule has 3 aromatic carbocycles. The van der Waals surface area contributed by atoms with Gasteiger partial charge in [0.1, 0.15) is 0 Å². The van der Waals surface area contributed by atoms with E-state index in [2.05, 4.69) is 108 Å². The molecule has 0 saturated carbocycles. The first kappa shape index (κ1) is 18.0. The molecule has 3 aromatic rings. The zero-order valence-electron chi connectivity index (χ0n) is 16.0. The zero-order chi connectivity index (χ0) is 18.5. The highest BCUT2D eigenvalue weighted by Gasteiger charge is 2.32. The highest BCUT2D eigenvalue weighted by atomic mass is 15.3. The number of benzene rings is 3. The number of rotatable bonds is 5. The molecule has 0 N–H and O–H groups in total. The second kappa shape index (κ2) is 8.51. The summed E-state index contributed by atoms with van der Waals surface area (Å²) in [4.78, 5) is 5.16. The van der Waals surface area contributed by atoms with Crippen LogP contribution in [-0.2, 0) is 6.54 Å². The van der Waals surface area contributed by atoms with Gasteiger partial charge in [0.15, 0.2) is 0 Å². The third kappa shape index (κ3) is 4.29. The lowest BCUT2D eigenvalue weighted by molar-refractivity contribution is 0.0816. The Balaban J connectivity index is 1.62. The molecule has 1 aliphatic heterocycles. The summed E-state index contributed by atoms with van der Waals surface area (Å²) in [6, 6.07) is 33.3. The van der Waals surface area contributed by atoms with Gasteiger partial charge in [0.05, 0.1) is 0 Å². The van der Waals surface area contributed by atoms with Crippen LogP contribution >= 0.6 is 0 Å². The Morgan fingerprint density at radius 3 is 1.81 bits per heavy atom. The predicted molar refractivity (Wildman–Crippen MR) is 113 cm³/mol. The first-order chi connectivity index (χ1) is 13.3. The van der Waals surface area contributed by atoms with E-state index >= 15 is 0 Å². The van der Waals surface area contributed by atoms with Crippen molar-refractivity contribution in [3.05, 3.63) is 108 Å². The molecule has 138 valence electrons. The van der Waals surface area contributed by atoms with E-state index in [0.29, 0.717) is 12.0 Å². The third-order valence-electron chi connectivity index (χ3n) is 5.73. The molecule has 0 bridgehead atoms. The smallest absolute Gasteiger partial charge is 0.0330 e. The van der Waals surface area contributed by atoms with Crippen LogP contribution in [0.3, 0.4) is 0 Å². The van der Waals surface area contributed by atoms with Crippen LogP contribution in [0.25, 0.3) is 0 Å². The summed E-state index contributed by atoms with van der Waals surface area (Å²) in [5, 5.41) is 0. The lowest BCUT2D eigenvalue weighted by Gasteiger charge is -2.43. The summed E-state index contributed by atoms with van der Waals surface area (Å²) < 4.78 is 0. The molecule has 2 heteroatoms. The third-order valence-corrected chi connectivity index (χ3v) is 5.73. The van der Waals surface area contributed by atoms with Gasteiger partial charge in [0.25, 0.3) is 0 Å². The maximum absolute atomic E-state index is 2.61. The normalized spacial score (nSPS) is 18.7. The Bertz CT molecular complexity index is 777. The molecular formula is C25H28N2. The van der Waals surface area contributed by atoms with Crippen LogP contribution in [0.4, 0.5) is 0 Å². The number of piperazine rings is 1. The van der Waals surface area contributed by atoms with Gasteiger partial charge in [-0.2, -0.15) is 0 Å². The Labute approximate surface area is 163 Å². The number of hydrogen-bond donors (Lipinski definition) is 0. The average Bonchev–Trinajstić information content (AvgIpc) is 2.73. The van der Waals surface area contributed by atoms with Crippen molar-refractivity contribution in [3.63, 3.8) is 0 Å². The molecule has 27 heavy (non-hydrogen) atoms. The minimum atomic E-state index is 0.385. The monoisotopic (exact) mass is 356 g/mol. The van der Waals surface area contributed by atoms with Crippen molar-refractivity contribution in [3.8, 4) is 0 Å². The summed E-state index contributed by atoms with van der Waals surface area (Å²) in [6.45, 7) is 4.34. The lowest BCUT2D eigenvalue weighted by atomic mass is 9.83. The van der Waals surface area contributed by atoms with E-state index in [1.54, 1.807) is 0 Å². The summed E-state index contributed by atoms with van der Waals surface area (Å²) in [6.07, 6.45) is 0. The van der Waals surface area contributed by atoms with E-state index in [1.807, 2.05) is 0 Å². The maximum atomic E-state index is 2.61. The number of hydrogen-bond acceptors (Lipinski definition) is 2. The van der Waals surface area contributed by atoms with Crippen molar-refractivity contribution in [2.45, 2.75) is 18.5 Å². The molecule has 0 radical (unpaired) electrons. The van der Waals surface area contributed by atoms with Crippen molar-refractivity contribution in [2.24, 2.45) is 0 Å². The van der Waals surface area contributed by atoms with Crippen LogP contribution in [0.15, 0.2) is 91.0 Å². The molecule has 0 unspecified atom stereocenters. The minimum absolute atomic E-state index is 0.385. The molecule has 0 aromatic heterocycles. The van der Waals surface area contributed by atoms with Gasteiger partial charge in [-0.15, -0.1) is 0 Å². The van der Waals surface area contributed by atoms with Gasteiger partial charge >= 0.3 is 0 Å². The van der Waals surface area contributed by atoms with E-state index in [-0.39, 0.29) is 0 Å². The van der Waals surface area contributed by atoms with Crippen LogP contribution in [-0.4, -0.2) is 42.5 Å². The molecule has 1 atom stereocenters. The maximum Gasteiger partial charge on any atom is 0.0330 e. The summed E-state index contributed by atoms with van der Waals surface area (Å²) in [5.74, 6) is 0.385. The standard InChI is InChI=1S/C25H28N2/c1-26-17-18-27(19-21-11-5-2-6-12-21)20-24(26)25(22-13-7-3-8-14-22)23-15-9-4-10-16-23/h2-16,24-25H,17-20H2,1H3/t24-/m1/s1. The number of nitrogens with zero attached hydrogens (tertiary/aromatic N) is 2. The van der Waals surface area contributed by atoms with Gasteiger partial charge in [-0.3, -0.25) is 9.80 Å². The van der Waals surface area contributed by atoms with Crippen molar-refractivity contribution in [1.82, 2.24) is 9.80 Å². The SMILES string of the molecule is CN1CCN(Cc2ccccc2)C[C@@H]1C(c1ccccc1)c1ccccc1.